The fourth-order valence-electron chi connectivity index (χ4n) is 2.96. The maximum Gasteiger partial charge on any atom is 0.337 e. The maximum atomic E-state index is 11.7. The Kier molecular flexibility index (Phi) is 5.94. The monoisotopic (exact) mass is 377 g/mol. The van der Waals surface area contributed by atoms with Gasteiger partial charge in [-0.05, 0) is 43.7 Å². The van der Waals surface area contributed by atoms with Crippen molar-refractivity contribution >= 4 is 5.97 Å². The van der Waals surface area contributed by atoms with Crippen molar-refractivity contribution in [3.63, 3.8) is 0 Å². The number of methoxy groups -OCH3 is 1. The van der Waals surface area contributed by atoms with Gasteiger partial charge < -0.3 is 14.6 Å². The van der Waals surface area contributed by atoms with Crippen LogP contribution in [0.3, 0.4) is 0 Å². The van der Waals surface area contributed by atoms with Crippen molar-refractivity contribution in [2.45, 2.75) is 26.4 Å². The van der Waals surface area contributed by atoms with E-state index < -0.39 is 5.97 Å². The summed E-state index contributed by atoms with van der Waals surface area (Å²) in [6.07, 6.45) is 0.417. The molecule has 0 aliphatic carbocycles. The van der Waals surface area contributed by atoms with Gasteiger partial charge in [0.25, 0.3) is 0 Å². The fraction of sp³-hybridized carbons (Fsp3) is 0.217. The highest BCUT2D eigenvalue weighted by molar-refractivity contribution is 5.89. The molecule has 0 saturated carbocycles. The van der Waals surface area contributed by atoms with Crippen molar-refractivity contribution in [3.8, 4) is 22.8 Å². The Morgan fingerprint density at radius 3 is 2.46 bits per heavy atom. The first-order valence-electron chi connectivity index (χ1n) is 9.10. The smallest absolute Gasteiger partial charge is 0.337 e. The van der Waals surface area contributed by atoms with E-state index in [0.29, 0.717) is 29.3 Å². The zero-order chi connectivity index (χ0) is 20.1. The fourth-order valence-corrected chi connectivity index (χ4v) is 2.96. The molecule has 144 valence electrons. The molecule has 0 saturated heterocycles. The van der Waals surface area contributed by atoms with Crippen molar-refractivity contribution in [1.29, 1.82) is 0 Å². The number of carboxylic acid groups (broad SMARTS) is 1. The van der Waals surface area contributed by atoms with Crippen molar-refractivity contribution < 1.29 is 19.4 Å². The zero-order valence-electron chi connectivity index (χ0n) is 16.2. The molecule has 0 bridgehead atoms. The van der Waals surface area contributed by atoms with Crippen LogP contribution in [0, 0.1) is 0 Å². The Morgan fingerprint density at radius 2 is 1.82 bits per heavy atom. The average molecular weight is 377 g/mol. The summed E-state index contributed by atoms with van der Waals surface area (Å²) in [5, 5.41) is 9.57. The van der Waals surface area contributed by atoms with Gasteiger partial charge in [-0.15, -0.1) is 0 Å². The molecule has 3 aromatic rings. The van der Waals surface area contributed by atoms with Gasteiger partial charge in [0.05, 0.1) is 30.2 Å². The molecule has 0 unspecified atom stereocenters. The van der Waals surface area contributed by atoms with Gasteiger partial charge in [0, 0.05) is 18.1 Å². The van der Waals surface area contributed by atoms with Gasteiger partial charge in [-0.3, -0.25) is 4.98 Å². The second kappa shape index (κ2) is 8.57. The molecular weight excluding hydrogens is 354 g/mol. The highest BCUT2D eigenvalue weighted by atomic mass is 16.5. The average Bonchev–Trinajstić information content (AvgIpc) is 2.68. The van der Waals surface area contributed by atoms with Gasteiger partial charge >= 0.3 is 5.97 Å². The lowest BCUT2D eigenvalue weighted by molar-refractivity contribution is 0.0695. The molecule has 0 aliphatic rings. The number of ether oxygens (including phenoxy) is 2. The highest BCUT2D eigenvalue weighted by Crippen LogP contribution is 2.34. The molecule has 0 radical (unpaired) electrons. The Balaban J connectivity index is 2.07. The SMILES string of the molecule is COc1ccc(-c2ccc(C(=O)O)c(Cc3ccccc3)n2)c(OC(C)C)c1. The molecule has 1 aromatic heterocycles. The van der Waals surface area contributed by atoms with E-state index >= 15 is 0 Å². The number of rotatable bonds is 7. The van der Waals surface area contributed by atoms with Crippen LogP contribution in [0.25, 0.3) is 11.3 Å². The van der Waals surface area contributed by atoms with Crippen LogP contribution in [0.4, 0.5) is 0 Å². The lowest BCUT2D eigenvalue weighted by atomic mass is 10.0. The number of hydrogen-bond acceptors (Lipinski definition) is 4. The summed E-state index contributed by atoms with van der Waals surface area (Å²) >= 11 is 0. The van der Waals surface area contributed by atoms with Crippen LogP contribution < -0.4 is 9.47 Å². The lowest BCUT2D eigenvalue weighted by Gasteiger charge is -2.16. The van der Waals surface area contributed by atoms with Crippen LogP contribution in [-0.4, -0.2) is 29.3 Å². The van der Waals surface area contributed by atoms with Crippen LogP contribution >= 0.6 is 0 Å². The number of aromatic nitrogens is 1. The summed E-state index contributed by atoms with van der Waals surface area (Å²) in [6.45, 7) is 3.90. The van der Waals surface area contributed by atoms with Gasteiger partial charge in [-0.2, -0.15) is 0 Å². The van der Waals surface area contributed by atoms with E-state index in [1.54, 1.807) is 19.2 Å². The Morgan fingerprint density at radius 1 is 1.07 bits per heavy atom. The van der Waals surface area contributed by atoms with E-state index in [1.807, 2.05) is 62.4 Å². The third kappa shape index (κ3) is 4.49. The molecular formula is C23H23NO4. The van der Waals surface area contributed by atoms with Crippen LogP contribution in [0.5, 0.6) is 11.5 Å². The number of benzene rings is 2. The predicted octanol–water partition coefficient (Wildman–Crippen LogP) is 4.83. The molecule has 0 atom stereocenters. The van der Waals surface area contributed by atoms with Crippen LogP contribution in [-0.2, 0) is 6.42 Å². The van der Waals surface area contributed by atoms with Crippen molar-refractivity contribution in [2.75, 3.05) is 7.11 Å². The number of aromatic carboxylic acids is 1. The first-order chi connectivity index (χ1) is 13.5. The standard InChI is InChI=1S/C23H23NO4/c1-15(2)28-22-14-17(27-3)9-10-18(22)20-12-11-19(23(25)26)21(24-20)13-16-7-5-4-6-8-16/h4-12,14-15H,13H2,1-3H3,(H,25,26). The molecule has 5 nitrogen and oxygen atoms in total. The van der Waals surface area contributed by atoms with Crippen LogP contribution in [0.2, 0.25) is 0 Å². The minimum absolute atomic E-state index is 0.0204. The zero-order valence-corrected chi connectivity index (χ0v) is 16.2. The molecule has 28 heavy (non-hydrogen) atoms. The van der Waals surface area contributed by atoms with Crippen LogP contribution in [0.1, 0.15) is 35.5 Å². The molecule has 0 amide bonds. The summed E-state index contributed by atoms with van der Waals surface area (Å²) < 4.78 is 11.2. The second-order valence-corrected chi connectivity index (χ2v) is 6.69. The third-order valence-electron chi connectivity index (χ3n) is 4.25. The summed E-state index contributed by atoms with van der Waals surface area (Å²) in [6, 6.07) is 18.6. The van der Waals surface area contributed by atoms with Gasteiger partial charge in [0.2, 0.25) is 0 Å². The second-order valence-electron chi connectivity index (χ2n) is 6.69. The molecule has 2 aromatic carbocycles. The number of hydrogen-bond donors (Lipinski definition) is 1. The summed E-state index contributed by atoms with van der Waals surface area (Å²) in [5.74, 6) is 0.347. The number of nitrogens with zero attached hydrogens (tertiary/aromatic N) is 1. The predicted molar refractivity (Wildman–Crippen MR) is 108 cm³/mol. The lowest BCUT2D eigenvalue weighted by Crippen LogP contribution is -2.09. The van der Waals surface area contributed by atoms with Crippen molar-refractivity contribution in [1.82, 2.24) is 4.98 Å². The summed E-state index contributed by atoms with van der Waals surface area (Å²) in [5.41, 5.74) is 3.17. The number of carbonyl (C=O) groups is 1. The quantitative estimate of drug-likeness (QED) is 0.638. The van der Waals surface area contributed by atoms with E-state index in [1.165, 1.54) is 0 Å². The van der Waals surface area contributed by atoms with E-state index in [4.69, 9.17) is 9.47 Å². The number of pyridine rings is 1. The van der Waals surface area contributed by atoms with Gasteiger partial charge in [-0.1, -0.05) is 30.3 Å². The van der Waals surface area contributed by atoms with Gasteiger partial charge in [0.15, 0.2) is 0 Å². The highest BCUT2D eigenvalue weighted by Gasteiger charge is 2.17. The molecule has 0 fully saturated rings. The molecule has 3 rings (SSSR count). The first kappa shape index (κ1) is 19.4. The molecule has 1 N–H and O–H groups in total. The topological polar surface area (TPSA) is 68.7 Å². The maximum absolute atomic E-state index is 11.7. The van der Waals surface area contributed by atoms with Crippen molar-refractivity contribution in [2.24, 2.45) is 0 Å². The molecule has 5 heteroatoms. The Bertz CT molecular complexity index is 968. The third-order valence-corrected chi connectivity index (χ3v) is 4.25. The molecule has 0 aliphatic heterocycles. The summed E-state index contributed by atoms with van der Waals surface area (Å²) in [7, 11) is 1.60. The minimum atomic E-state index is -0.988. The summed E-state index contributed by atoms with van der Waals surface area (Å²) in [4.78, 5) is 16.4. The largest absolute Gasteiger partial charge is 0.497 e. The first-order valence-corrected chi connectivity index (χ1v) is 9.10. The Labute approximate surface area is 164 Å². The van der Waals surface area contributed by atoms with E-state index in [-0.39, 0.29) is 11.7 Å². The molecule has 1 heterocycles. The minimum Gasteiger partial charge on any atom is -0.497 e. The normalized spacial score (nSPS) is 10.7. The van der Waals surface area contributed by atoms with E-state index in [9.17, 15) is 9.90 Å². The number of carboxylic acids is 1. The van der Waals surface area contributed by atoms with Gasteiger partial charge in [-0.25, -0.2) is 4.79 Å². The van der Waals surface area contributed by atoms with Crippen LogP contribution in [0.15, 0.2) is 60.7 Å². The van der Waals surface area contributed by atoms with E-state index in [0.717, 1.165) is 11.1 Å². The van der Waals surface area contributed by atoms with Crippen molar-refractivity contribution in [3.05, 3.63) is 77.5 Å². The van der Waals surface area contributed by atoms with Gasteiger partial charge in [0.1, 0.15) is 11.5 Å². The molecule has 0 spiro atoms. The van der Waals surface area contributed by atoms with E-state index in [2.05, 4.69) is 4.98 Å². The Hall–Kier alpha value is -3.34.